The zero-order valence-electron chi connectivity index (χ0n) is 16.6. The zero-order valence-corrected chi connectivity index (χ0v) is 18.2. The van der Waals surface area contributed by atoms with E-state index in [1.54, 1.807) is 11.3 Å². The van der Waals surface area contributed by atoms with Crippen molar-refractivity contribution in [2.24, 2.45) is 0 Å². The van der Waals surface area contributed by atoms with Crippen LogP contribution in [-0.4, -0.2) is 26.9 Å². The summed E-state index contributed by atoms with van der Waals surface area (Å²) >= 11 is 7.76. The highest BCUT2D eigenvalue weighted by atomic mass is 35.5. The topological polar surface area (TPSA) is 79.8 Å². The van der Waals surface area contributed by atoms with Gasteiger partial charge in [-0.25, -0.2) is 15.0 Å². The highest BCUT2D eigenvalue weighted by Crippen LogP contribution is 2.28. The van der Waals surface area contributed by atoms with Crippen LogP contribution in [0.2, 0.25) is 5.02 Å². The van der Waals surface area contributed by atoms with Gasteiger partial charge in [0, 0.05) is 21.3 Å². The predicted molar refractivity (Wildman–Crippen MR) is 118 cm³/mol. The number of carbonyl (C=O) groups excluding carboxylic acids is 1. The van der Waals surface area contributed by atoms with Gasteiger partial charge in [0.15, 0.2) is 5.82 Å². The molecule has 8 heteroatoms. The van der Waals surface area contributed by atoms with Gasteiger partial charge in [-0.15, -0.1) is 11.3 Å². The van der Waals surface area contributed by atoms with Gasteiger partial charge in [-0.2, -0.15) is 0 Å². The van der Waals surface area contributed by atoms with Gasteiger partial charge in [0.2, 0.25) is 5.91 Å². The lowest BCUT2D eigenvalue weighted by Gasteiger charge is -2.16. The van der Waals surface area contributed by atoms with Crippen LogP contribution in [0.3, 0.4) is 0 Å². The predicted octanol–water partition coefficient (Wildman–Crippen LogP) is 4.57. The quantitative estimate of drug-likeness (QED) is 0.600. The van der Waals surface area contributed by atoms with Gasteiger partial charge in [-0.05, 0) is 44.9 Å². The van der Waals surface area contributed by atoms with Crippen LogP contribution < -0.4 is 10.6 Å². The van der Waals surface area contributed by atoms with Crippen molar-refractivity contribution in [3.8, 4) is 0 Å². The first-order valence-electron chi connectivity index (χ1n) is 9.90. The van der Waals surface area contributed by atoms with E-state index in [1.807, 2.05) is 32.0 Å². The van der Waals surface area contributed by atoms with Crippen molar-refractivity contribution in [3.63, 3.8) is 0 Å². The smallest absolute Gasteiger partial charge is 0.225 e. The summed E-state index contributed by atoms with van der Waals surface area (Å²) in [6, 6.07) is 6.04. The Morgan fingerprint density at radius 3 is 2.72 bits per heavy atom. The molecule has 1 saturated carbocycles. The second-order valence-corrected chi connectivity index (χ2v) is 9.19. The average molecular weight is 430 g/mol. The first-order chi connectivity index (χ1) is 14.0. The summed E-state index contributed by atoms with van der Waals surface area (Å²) in [7, 11) is 0. The molecule has 0 bridgehead atoms. The standard InChI is InChI=1S/C21H24ClN5OS/c1-12-18(29-13(2)24-12)10-20(28)23-11-19-26-17-8-7-14(22)9-16(17)21(27-19)25-15-5-3-4-6-15/h7-9,15H,3-6,10-11H2,1-2H3,(H,23,28)(H,25,26,27). The molecular formula is C21H24ClN5OS. The second-order valence-electron chi connectivity index (χ2n) is 7.47. The maximum atomic E-state index is 12.4. The Bertz CT molecular complexity index is 1040. The molecule has 1 aromatic carbocycles. The number of fused-ring (bicyclic) bond motifs is 1. The Balaban J connectivity index is 1.51. The van der Waals surface area contributed by atoms with E-state index in [0.717, 1.165) is 45.1 Å². The Hall–Kier alpha value is -2.25. The molecule has 1 aliphatic rings. The molecule has 1 aliphatic carbocycles. The van der Waals surface area contributed by atoms with Crippen LogP contribution in [0.5, 0.6) is 0 Å². The summed E-state index contributed by atoms with van der Waals surface area (Å²) in [5.74, 6) is 1.33. The molecule has 6 nitrogen and oxygen atoms in total. The molecule has 0 saturated heterocycles. The normalized spacial score (nSPS) is 14.4. The highest BCUT2D eigenvalue weighted by Gasteiger charge is 2.18. The molecule has 1 amide bonds. The molecule has 4 rings (SSSR count). The number of hydrogen-bond acceptors (Lipinski definition) is 6. The van der Waals surface area contributed by atoms with Gasteiger partial charge < -0.3 is 10.6 Å². The molecular weight excluding hydrogens is 406 g/mol. The van der Waals surface area contributed by atoms with Crippen molar-refractivity contribution in [1.29, 1.82) is 0 Å². The Morgan fingerprint density at radius 1 is 1.21 bits per heavy atom. The number of thiazole rings is 1. The summed E-state index contributed by atoms with van der Waals surface area (Å²) in [5.41, 5.74) is 1.74. The number of hydrogen-bond donors (Lipinski definition) is 2. The lowest BCUT2D eigenvalue weighted by atomic mass is 10.2. The number of rotatable bonds is 6. The Labute approximate surface area is 179 Å². The second kappa shape index (κ2) is 8.63. The zero-order chi connectivity index (χ0) is 20.4. The molecule has 0 atom stereocenters. The first kappa shape index (κ1) is 20.0. The number of amides is 1. The van der Waals surface area contributed by atoms with Crippen molar-refractivity contribution >= 4 is 45.6 Å². The van der Waals surface area contributed by atoms with Gasteiger partial charge in [-0.3, -0.25) is 4.79 Å². The SMILES string of the molecule is Cc1nc(C)c(CC(=O)NCc2nc(NC3CCCC3)c3cc(Cl)ccc3n2)s1. The third kappa shape index (κ3) is 4.85. The third-order valence-corrected chi connectivity index (χ3v) is 6.47. The van der Waals surface area contributed by atoms with Crippen LogP contribution in [0.4, 0.5) is 5.82 Å². The van der Waals surface area contributed by atoms with Crippen LogP contribution in [-0.2, 0) is 17.8 Å². The minimum absolute atomic E-state index is 0.0538. The number of aromatic nitrogens is 3. The monoisotopic (exact) mass is 429 g/mol. The van der Waals surface area contributed by atoms with Crippen LogP contribution in [0.15, 0.2) is 18.2 Å². The molecule has 2 N–H and O–H groups in total. The summed E-state index contributed by atoms with van der Waals surface area (Å²) in [5, 5.41) is 9.05. The van der Waals surface area contributed by atoms with Crippen LogP contribution in [0, 0.1) is 13.8 Å². The van der Waals surface area contributed by atoms with E-state index in [0.29, 0.717) is 23.3 Å². The summed E-state index contributed by atoms with van der Waals surface area (Å²) < 4.78 is 0. The van der Waals surface area contributed by atoms with Crippen molar-refractivity contribution < 1.29 is 4.79 Å². The van der Waals surface area contributed by atoms with Crippen molar-refractivity contribution in [3.05, 3.63) is 44.6 Å². The van der Waals surface area contributed by atoms with Gasteiger partial charge in [0.05, 0.1) is 29.2 Å². The molecule has 2 aromatic heterocycles. The molecule has 3 aromatic rings. The van der Waals surface area contributed by atoms with Crippen LogP contribution in [0.25, 0.3) is 10.9 Å². The summed E-state index contributed by atoms with van der Waals surface area (Å²) in [6.45, 7) is 4.17. The molecule has 29 heavy (non-hydrogen) atoms. The minimum atomic E-state index is -0.0538. The maximum absolute atomic E-state index is 12.4. The van der Waals surface area contributed by atoms with Crippen molar-refractivity contribution in [2.45, 2.75) is 58.5 Å². The molecule has 2 heterocycles. The average Bonchev–Trinajstić information content (AvgIpc) is 3.30. The lowest BCUT2D eigenvalue weighted by Crippen LogP contribution is -2.26. The molecule has 0 radical (unpaired) electrons. The number of carbonyl (C=O) groups is 1. The number of nitrogens with zero attached hydrogens (tertiary/aromatic N) is 3. The van der Waals surface area contributed by atoms with Crippen molar-refractivity contribution in [2.75, 3.05) is 5.32 Å². The fourth-order valence-electron chi connectivity index (χ4n) is 3.72. The number of halogens is 1. The Morgan fingerprint density at radius 2 is 2.00 bits per heavy atom. The number of anilines is 1. The van der Waals surface area contributed by atoms with E-state index in [9.17, 15) is 4.79 Å². The van der Waals surface area contributed by atoms with E-state index in [4.69, 9.17) is 16.6 Å². The van der Waals surface area contributed by atoms with Gasteiger partial charge in [0.25, 0.3) is 0 Å². The molecule has 0 aliphatic heterocycles. The maximum Gasteiger partial charge on any atom is 0.225 e. The van der Waals surface area contributed by atoms with E-state index < -0.39 is 0 Å². The van der Waals surface area contributed by atoms with Gasteiger partial charge >= 0.3 is 0 Å². The summed E-state index contributed by atoms with van der Waals surface area (Å²) in [4.78, 5) is 27.1. The Kier molecular flexibility index (Phi) is 5.96. The van der Waals surface area contributed by atoms with E-state index in [2.05, 4.69) is 20.6 Å². The van der Waals surface area contributed by atoms with E-state index in [-0.39, 0.29) is 12.5 Å². The van der Waals surface area contributed by atoms with Gasteiger partial charge in [-0.1, -0.05) is 24.4 Å². The molecule has 1 fully saturated rings. The van der Waals surface area contributed by atoms with E-state index in [1.165, 1.54) is 12.8 Å². The highest BCUT2D eigenvalue weighted by molar-refractivity contribution is 7.11. The fourth-order valence-corrected chi connectivity index (χ4v) is 4.83. The number of nitrogens with one attached hydrogen (secondary N) is 2. The molecule has 152 valence electrons. The lowest BCUT2D eigenvalue weighted by molar-refractivity contribution is -0.120. The van der Waals surface area contributed by atoms with Crippen LogP contribution in [0.1, 0.15) is 47.1 Å². The molecule has 0 spiro atoms. The minimum Gasteiger partial charge on any atom is -0.367 e. The third-order valence-electron chi connectivity index (χ3n) is 5.16. The van der Waals surface area contributed by atoms with Crippen LogP contribution >= 0.6 is 22.9 Å². The van der Waals surface area contributed by atoms with Crippen molar-refractivity contribution in [1.82, 2.24) is 20.3 Å². The summed E-state index contributed by atoms with van der Waals surface area (Å²) in [6.07, 6.45) is 5.09. The van der Waals surface area contributed by atoms with E-state index >= 15 is 0 Å². The number of aryl methyl sites for hydroxylation is 2. The first-order valence-corrected chi connectivity index (χ1v) is 11.1. The van der Waals surface area contributed by atoms with Gasteiger partial charge in [0.1, 0.15) is 5.82 Å². The molecule has 0 unspecified atom stereocenters. The largest absolute Gasteiger partial charge is 0.367 e. The number of benzene rings is 1. The fraction of sp³-hybridized carbons (Fsp3) is 0.429.